The van der Waals surface area contributed by atoms with Crippen molar-refractivity contribution in [1.29, 1.82) is 0 Å². The van der Waals surface area contributed by atoms with Gasteiger partial charge in [-0.05, 0) is 24.5 Å². The van der Waals surface area contributed by atoms with E-state index < -0.39 is 0 Å². The van der Waals surface area contributed by atoms with Gasteiger partial charge in [0.25, 0.3) is 0 Å². The fraction of sp³-hybridized carbons (Fsp3) is 0.500. The van der Waals surface area contributed by atoms with Gasteiger partial charge >= 0.3 is 0 Å². The van der Waals surface area contributed by atoms with Crippen molar-refractivity contribution in [3.63, 3.8) is 0 Å². The van der Waals surface area contributed by atoms with Crippen LogP contribution in [0, 0.1) is 5.92 Å². The Morgan fingerprint density at radius 3 is 2.64 bits per heavy atom. The topological polar surface area (TPSA) is 9.23 Å². The molecule has 0 radical (unpaired) electrons. The van der Waals surface area contributed by atoms with Gasteiger partial charge in [0.1, 0.15) is 5.83 Å². The Morgan fingerprint density at radius 2 is 2.14 bits per heavy atom. The Balaban J connectivity index is 4.09. The van der Waals surface area contributed by atoms with Crippen molar-refractivity contribution in [3.8, 4) is 0 Å². The van der Waals surface area contributed by atoms with Gasteiger partial charge in [0, 0.05) is 7.11 Å². The summed E-state index contributed by atoms with van der Waals surface area (Å²) < 4.78 is 17.7. The first-order valence-electron chi connectivity index (χ1n) is 4.83. The van der Waals surface area contributed by atoms with E-state index in [0.717, 1.165) is 12.0 Å². The van der Waals surface area contributed by atoms with Crippen LogP contribution in [0.2, 0.25) is 0 Å². The maximum atomic E-state index is 13.0. The highest BCUT2D eigenvalue weighted by atomic mass is 19.1. The van der Waals surface area contributed by atoms with Crippen molar-refractivity contribution in [2.24, 2.45) is 5.92 Å². The number of methoxy groups -OCH3 is 1. The van der Waals surface area contributed by atoms with Gasteiger partial charge in [0.15, 0.2) is 0 Å². The fourth-order valence-corrected chi connectivity index (χ4v) is 0.844. The lowest BCUT2D eigenvalue weighted by Crippen LogP contribution is -1.92. The molecule has 1 unspecified atom stereocenters. The monoisotopic (exact) mass is 198 g/mol. The van der Waals surface area contributed by atoms with Gasteiger partial charge in [0.2, 0.25) is 0 Å². The second-order valence-electron chi connectivity index (χ2n) is 3.26. The highest BCUT2D eigenvalue weighted by Gasteiger charge is 1.99. The standard InChI is InChI=1S/C12H19FO/c1-5-10(2)11(3)6-7-12(13)8-9-14-4/h6-8,10H,3,5,9H2,1-2,4H3/b7-6-,12-8+. The van der Waals surface area contributed by atoms with Crippen LogP contribution in [0.15, 0.2) is 36.2 Å². The molecule has 0 aliphatic rings. The van der Waals surface area contributed by atoms with Crippen LogP contribution < -0.4 is 0 Å². The molecule has 0 saturated heterocycles. The molecule has 0 heterocycles. The van der Waals surface area contributed by atoms with Gasteiger partial charge in [0.05, 0.1) is 6.61 Å². The third-order valence-electron chi connectivity index (χ3n) is 2.15. The summed E-state index contributed by atoms with van der Waals surface area (Å²) in [5.74, 6) is 0.123. The van der Waals surface area contributed by atoms with Crippen LogP contribution in [-0.4, -0.2) is 13.7 Å². The zero-order valence-electron chi connectivity index (χ0n) is 9.22. The van der Waals surface area contributed by atoms with E-state index >= 15 is 0 Å². The van der Waals surface area contributed by atoms with E-state index in [1.807, 2.05) is 0 Å². The Labute approximate surface area is 86.0 Å². The molecule has 0 rings (SSSR count). The van der Waals surface area contributed by atoms with E-state index in [1.54, 1.807) is 6.08 Å². The van der Waals surface area contributed by atoms with E-state index in [4.69, 9.17) is 4.74 Å². The summed E-state index contributed by atoms with van der Waals surface area (Å²) in [5, 5.41) is 0. The van der Waals surface area contributed by atoms with Gasteiger partial charge in [-0.3, -0.25) is 0 Å². The van der Waals surface area contributed by atoms with Gasteiger partial charge in [-0.25, -0.2) is 4.39 Å². The third-order valence-corrected chi connectivity index (χ3v) is 2.15. The maximum Gasteiger partial charge on any atom is 0.121 e. The van der Waals surface area contributed by atoms with Crippen LogP contribution in [0.5, 0.6) is 0 Å². The van der Waals surface area contributed by atoms with Crippen LogP contribution in [-0.2, 0) is 4.74 Å². The number of allylic oxidation sites excluding steroid dienone is 4. The van der Waals surface area contributed by atoms with E-state index in [2.05, 4.69) is 20.4 Å². The van der Waals surface area contributed by atoms with Crippen LogP contribution >= 0.6 is 0 Å². The van der Waals surface area contributed by atoms with Crippen LogP contribution in [0.3, 0.4) is 0 Å². The average Bonchev–Trinajstić information content (AvgIpc) is 2.21. The number of ether oxygens (including phenoxy) is 1. The second-order valence-corrected chi connectivity index (χ2v) is 3.26. The van der Waals surface area contributed by atoms with Crippen molar-refractivity contribution in [2.75, 3.05) is 13.7 Å². The smallest absolute Gasteiger partial charge is 0.121 e. The highest BCUT2D eigenvalue weighted by Crippen LogP contribution is 2.14. The lowest BCUT2D eigenvalue weighted by Gasteiger charge is -2.06. The largest absolute Gasteiger partial charge is 0.381 e. The predicted molar refractivity (Wildman–Crippen MR) is 58.8 cm³/mol. The number of hydrogen-bond donors (Lipinski definition) is 0. The Hall–Kier alpha value is -0.890. The summed E-state index contributed by atoms with van der Waals surface area (Å²) in [6.07, 6.45) is 5.55. The molecule has 1 atom stereocenters. The van der Waals surface area contributed by atoms with E-state index in [9.17, 15) is 4.39 Å². The zero-order chi connectivity index (χ0) is 11.0. The molecule has 0 saturated carbocycles. The molecular formula is C12H19FO. The quantitative estimate of drug-likeness (QED) is 0.592. The molecule has 0 aliphatic carbocycles. The summed E-state index contributed by atoms with van der Waals surface area (Å²) in [6.45, 7) is 8.32. The zero-order valence-corrected chi connectivity index (χ0v) is 9.22. The van der Waals surface area contributed by atoms with Crippen LogP contribution in [0.4, 0.5) is 4.39 Å². The molecule has 0 amide bonds. The molecule has 0 aromatic rings. The van der Waals surface area contributed by atoms with Crippen molar-refractivity contribution < 1.29 is 9.13 Å². The molecule has 0 aliphatic heterocycles. The molecule has 1 nitrogen and oxygen atoms in total. The van der Waals surface area contributed by atoms with E-state index in [1.165, 1.54) is 19.3 Å². The lowest BCUT2D eigenvalue weighted by atomic mass is 10.00. The van der Waals surface area contributed by atoms with Crippen molar-refractivity contribution in [2.45, 2.75) is 20.3 Å². The van der Waals surface area contributed by atoms with Crippen LogP contribution in [0.25, 0.3) is 0 Å². The molecule has 0 aromatic heterocycles. The summed E-state index contributed by atoms with van der Waals surface area (Å²) in [4.78, 5) is 0. The fourth-order valence-electron chi connectivity index (χ4n) is 0.844. The molecule has 0 bridgehead atoms. The highest BCUT2D eigenvalue weighted by molar-refractivity contribution is 5.23. The first kappa shape index (κ1) is 13.1. The van der Waals surface area contributed by atoms with Gasteiger partial charge in [-0.15, -0.1) is 0 Å². The van der Waals surface area contributed by atoms with Gasteiger partial charge in [-0.2, -0.15) is 0 Å². The molecule has 0 N–H and O–H groups in total. The average molecular weight is 198 g/mol. The lowest BCUT2D eigenvalue weighted by molar-refractivity contribution is 0.232. The molecule has 0 fully saturated rings. The normalized spacial score (nSPS) is 14.7. The minimum atomic E-state index is -0.281. The summed E-state index contributed by atoms with van der Waals surface area (Å²) in [5.41, 5.74) is 0.952. The summed E-state index contributed by atoms with van der Waals surface area (Å²) in [7, 11) is 1.53. The predicted octanol–water partition coefficient (Wildman–Crippen LogP) is 3.64. The van der Waals surface area contributed by atoms with E-state index in [-0.39, 0.29) is 5.83 Å². The SMILES string of the molecule is C=C(/C=C\C(F)=C/COC)C(C)CC. The van der Waals surface area contributed by atoms with Crippen molar-refractivity contribution in [3.05, 3.63) is 36.2 Å². The van der Waals surface area contributed by atoms with Gasteiger partial charge in [-0.1, -0.05) is 32.1 Å². The molecule has 80 valence electrons. The molecule has 14 heavy (non-hydrogen) atoms. The number of halogens is 1. The Kier molecular flexibility index (Phi) is 7.03. The Morgan fingerprint density at radius 1 is 1.50 bits per heavy atom. The molecule has 2 heteroatoms. The first-order valence-corrected chi connectivity index (χ1v) is 4.83. The Bertz CT molecular complexity index is 228. The van der Waals surface area contributed by atoms with Crippen LogP contribution in [0.1, 0.15) is 20.3 Å². The summed E-state index contributed by atoms with van der Waals surface area (Å²) in [6, 6.07) is 0. The maximum absolute atomic E-state index is 13.0. The summed E-state index contributed by atoms with van der Waals surface area (Å²) >= 11 is 0. The molecule has 0 spiro atoms. The third kappa shape index (κ3) is 5.70. The minimum absolute atomic E-state index is 0.281. The van der Waals surface area contributed by atoms with Crippen molar-refractivity contribution >= 4 is 0 Å². The molecule has 0 aromatic carbocycles. The van der Waals surface area contributed by atoms with Crippen molar-refractivity contribution in [1.82, 2.24) is 0 Å². The second kappa shape index (κ2) is 7.51. The number of rotatable bonds is 6. The van der Waals surface area contributed by atoms with E-state index in [0.29, 0.717) is 12.5 Å². The van der Waals surface area contributed by atoms with Gasteiger partial charge < -0.3 is 4.74 Å². The molecular weight excluding hydrogens is 179 g/mol. The number of hydrogen-bond acceptors (Lipinski definition) is 1. The first-order chi connectivity index (χ1) is 6.61. The minimum Gasteiger partial charge on any atom is -0.381 e.